The number of nitrogens with zero attached hydrogens (tertiary/aromatic N) is 2. The smallest absolute Gasteiger partial charge is 0.239 e. The summed E-state index contributed by atoms with van der Waals surface area (Å²) in [5.41, 5.74) is 5.55. The lowest BCUT2D eigenvalue weighted by atomic mass is 10.2. The van der Waals surface area contributed by atoms with Crippen LogP contribution in [0.5, 0.6) is 0 Å². The van der Waals surface area contributed by atoms with Crippen LogP contribution < -0.4 is 11.1 Å². The van der Waals surface area contributed by atoms with E-state index in [2.05, 4.69) is 20.5 Å². The first-order valence-electron chi connectivity index (χ1n) is 4.55. The fourth-order valence-electron chi connectivity index (χ4n) is 1.07. The number of aromatic amines is 1. The number of nitrogens with two attached hydrogens (primary N) is 1. The van der Waals surface area contributed by atoms with Gasteiger partial charge >= 0.3 is 0 Å². The molecule has 84 valence electrons. The monoisotopic (exact) mass is 213 g/mol. The average Bonchev–Trinajstić information content (AvgIpc) is 2.70. The molecule has 2 atom stereocenters. The maximum atomic E-state index is 11.5. The number of amides is 1. The molecule has 0 aliphatic heterocycles. The van der Waals surface area contributed by atoms with E-state index in [9.17, 15) is 4.79 Å². The first-order chi connectivity index (χ1) is 7.15. The van der Waals surface area contributed by atoms with Crippen LogP contribution in [-0.4, -0.2) is 40.8 Å². The van der Waals surface area contributed by atoms with E-state index < -0.39 is 6.04 Å². The third-order valence-electron chi connectivity index (χ3n) is 1.89. The van der Waals surface area contributed by atoms with Crippen molar-refractivity contribution in [3.05, 3.63) is 12.2 Å². The minimum Gasteiger partial charge on any atom is -0.383 e. The summed E-state index contributed by atoms with van der Waals surface area (Å²) in [7, 11) is 1.49. The van der Waals surface area contributed by atoms with Gasteiger partial charge in [-0.3, -0.25) is 9.89 Å². The minimum absolute atomic E-state index is 0.189. The second-order valence-corrected chi connectivity index (χ2v) is 3.16. The molecule has 15 heavy (non-hydrogen) atoms. The highest BCUT2D eigenvalue weighted by molar-refractivity contribution is 5.81. The number of H-pyrrole nitrogens is 1. The van der Waals surface area contributed by atoms with E-state index in [1.165, 1.54) is 13.4 Å². The maximum Gasteiger partial charge on any atom is 0.239 e. The number of ether oxygens (including phenoxy) is 1. The van der Waals surface area contributed by atoms with E-state index in [-0.39, 0.29) is 18.6 Å². The SMILES string of the molecule is COCC(N)C(=O)NC(C)c1ncn[nH]1. The lowest BCUT2D eigenvalue weighted by Crippen LogP contribution is -2.44. The van der Waals surface area contributed by atoms with Crippen molar-refractivity contribution < 1.29 is 9.53 Å². The van der Waals surface area contributed by atoms with Crippen LogP contribution in [0.25, 0.3) is 0 Å². The predicted molar refractivity (Wildman–Crippen MR) is 52.8 cm³/mol. The van der Waals surface area contributed by atoms with Crippen LogP contribution in [0.3, 0.4) is 0 Å². The molecule has 0 aromatic carbocycles. The van der Waals surface area contributed by atoms with E-state index in [1.807, 2.05) is 0 Å². The highest BCUT2D eigenvalue weighted by Gasteiger charge is 2.17. The molecule has 1 amide bonds. The molecule has 4 N–H and O–H groups in total. The Morgan fingerprint density at radius 3 is 3.07 bits per heavy atom. The standard InChI is InChI=1S/C8H15N5O2/c1-5(7-10-4-11-13-7)12-8(14)6(9)3-15-2/h4-6H,3,9H2,1-2H3,(H,12,14)(H,10,11,13). The molecule has 7 nitrogen and oxygen atoms in total. The van der Waals surface area contributed by atoms with Crippen molar-refractivity contribution in [1.29, 1.82) is 0 Å². The lowest BCUT2D eigenvalue weighted by Gasteiger charge is -2.14. The molecule has 0 spiro atoms. The molecule has 2 unspecified atom stereocenters. The van der Waals surface area contributed by atoms with Crippen molar-refractivity contribution in [2.45, 2.75) is 19.0 Å². The van der Waals surface area contributed by atoms with Gasteiger partial charge in [0, 0.05) is 7.11 Å². The molecule has 1 aromatic rings. The number of methoxy groups -OCH3 is 1. The molecule has 0 fully saturated rings. The van der Waals surface area contributed by atoms with E-state index in [0.29, 0.717) is 5.82 Å². The van der Waals surface area contributed by atoms with Crippen molar-refractivity contribution in [3.63, 3.8) is 0 Å². The van der Waals surface area contributed by atoms with Gasteiger partial charge in [0.15, 0.2) is 0 Å². The van der Waals surface area contributed by atoms with Crippen molar-refractivity contribution in [3.8, 4) is 0 Å². The molecule has 1 rings (SSSR count). The van der Waals surface area contributed by atoms with E-state index in [4.69, 9.17) is 10.5 Å². The Morgan fingerprint density at radius 2 is 2.53 bits per heavy atom. The second-order valence-electron chi connectivity index (χ2n) is 3.16. The normalized spacial score (nSPS) is 14.6. The van der Waals surface area contributed by atoms with Gasteiger partial charge in [-0.05, 0) is 6.92 Å². The van der Waals surface area contributed by atoms with Crippen LogP contribution >= 0.6 is 0 Å². The minimum atomic E-state index is -0.666. The topological polar surface area (TPSA) is 106 Å². The summed E-state index contributed by atoms with van der Waals surface area (Å²) in [5.74, 6) is 0.314. The molecule has 0 aliphatic carbocycles. The number of hydrogen-bond donors (Lipinski definition) is 3. The summed E-state index contributed by atoms with van der Waals surface area (Å²) in [5, 5.41) is 9.04. The number of hydrogen-bond acceptors (Lipinski definition) is 5. The van der Waals surface area contributed by atoms with Crippen LogP contribution in [0.1, 0.15) is 18.8 Å². The van der Waals surface area contributed by atoms with E-state index in [0.717, 1.165) is 0 Å². The van der Waals surface area contributed by atoms with Gasteiger partial charge in [0.1, 0.15) is 18.2 Å². The molecular weight excluding hydrogens is 198 g/mol. The van der Waals surface area contributed by atoms with Crippen LogP contribution in [0.15, 0.2) is 6.33 Å². The molecule has 0 bridgehead atoms. The molecule has 0 saturated carbocycles. The van der Waals surface area contributed by atoms with Gasteiger partial charge in [-0.15, -0.1) is 0 Å². The quantitative estimate of drug-likeness (QED) is 0.579. The van der Waals surface area contributed by atoms with E-state index in [1.54, 1.807) is 6.92 Å². The second kappa shape index (κ2) is 5.42. The van der Waals surface area contributed by atoms with Crippen molar-refractivity contribution in [2.75, 3.05) is 13.7 Å². The zero-order valence-corrected chi connectivity index (χ0v) is 8.73. The van der Waals surface area contributed by atoms with Gasteiger partial charge in [0.2, 0.25) is 5.91 Å². The Balaban J connectivity index is 2.44. The zero-order valence-electron chi connectivity index (χ0n) is 8.73. The van der Waals surface area contributed by atoms with E-state index >= 15 is 0 Å². The summed E-state index contributed by atoms with van der Waals surface area (Å²) >= 11 is 0. The van der Waals surface area contributed by atoms with Crippen molar-refractivity contribution in [2.24, 2.45) is 5.73 Å². The summed E-state index contributed by atoms with van der Waals surface area (Å²) in [4.78, 5) is 15.4. The van der Waals surface area contributed by atoms with Gasteiger partial charge in [0.05, 0.1) is 12.6 Å². The highest BCUT2D eigenvalue weighted by Crippen LogP contribution is 2.03. The molecule has 1 aromatic heterocycles. The van der Waals surface area contributed by atoms with Crippen LogP contribution in [0.2, 0.25) is 0 Å². The van der Waals surface area contributed by atoms with Gasteiger partial charge in [0.25, 0.3) is 0 Å². The zero-order chi connectivity index (χ0) is 11.3. The molecule has 0 saturated heterocycles. The third-order valence-corrected chi connectivity index (χ3v) is 1.89. The van der Waals surface area contributed by atoms with Crippen molar-refractivity contribution >= 4 is 5.91 Å². The molecule has 1 heterocycles. The first kappa shape index (κ1) is 11.6. The summed E-state index contributed by atoms with van der Waals surface area (Å²) < 4.78 is 4.78. The summed E-state index contributed by atoms with van der Waals surface area (Å²) in [6.07, 6.45) is 1.38. The third kappa shape index (κ3) is 3.30. The molecule has 0 aliphatic rings. The molecule has 0 radical (unpaired) electrons. The number of rotatable bonds is 5. The van der Waals surface area contributed by atoms with Crippen LogP contribution in [0, 0.1) is 0 Å². The first-order valence-corrected chi connectivity index (χ1v) is 4.55. The number of aromatic nitrogens is 3. The van der Waals surface area contributed by atoms with Gasteiger partial charge in [-0.2, -0.15) is 5.10 Å². The van der Waals surface area contributed by atoms with Crippen LogP contribution in [-0.2, 0) is 9.53 Å². The average molecular weight is 213 g/mol. The largest absolute Gasteiger partial charge is 0.383 e. The Morgan fingerprint density at radius 1 is 1.80 bits per heavy atom. The van der Waals surface area contributed by atoms with Gasteiger partial charge < -0.3 is 15.8 Å². The molecule has 7 heteroatoms. The number of nitrogens with one attached hydrogen (secondary N) is 2. The highest BCUT2D eigenvalue weighted by atomic mass is 16.5. The van der Waals surface area contributed by atoms with Crippen LogP contribution in [0.4, 0.5) is 0 Å². The Bertz CT molecular complexity index is 300. The Hall–Kier alpha value is -1.47. The summed E-state index contributed by atoms with van der Waals surface area (Å²) in [6, 6.07) is -0.914. The van der Waals surface area contributed by atoms with Gasteiger partial charge in [-0.25, -0.2) is 4.98 Å². The Kier molecular flexibility index (Phi) is 4.19. The fourth-order valence-corrected chi connectivity index (χ4v) is 1.07. The number of carbonyl (C=O) groups excluding carboxylic acids is 1. The summed E-state index contributed by atoms with van der Waals surface area (Å²) in [6.45, 7) is 1.98. The number of carbonyl (C=O) groups is 1. The molecular formula is C8H15N5O2. The van der Waals surface area contributed by atoms with Crippen molar-refractivity contribution in [1.82, 2.24) is 20.5 Å². The van der Waals surface area contributed by atoms with Gasteiger partial charge in [-0.1, -0.05) is 0 Å². The maximum absolute atomic E-state index is 11.5. The lowest BCUT2D eigenvalue weighted by molar-refractivity contribution is -0.124. The predicted octanol–water partition coefficient (Wildman–Crippen LogP) is -1.04. The fraction of sp³-hybridized carbons (Fsp3) is 0.625. The Labute approximate surface area is 87.4 Å².